The molecule has 2 aliphatic rings. The van der Waals surface area contributed by atoms with Crippen molar-refractivity contribution in [1.29, 1.82) is 0 Å². The summed E-state index contributed by atoms with van der Waals surface area (Å²) in [6.45, 7) is 6.08. The van der Waals surface area contributed by atoms with Crippen LogP contribution in [0.15, 0.2) is 28.9 Å². The Balaban J connectivity index is 0.000000336. The van der Waals surface area contributed by atoms with Crippen molar-refractivity contribution in [2.45, 2.75) is 26.8 Å². The first kappa shape index (κ1) is 8.91. The lowest BCUT2D eigenvalue weighted by molar-refractivity contribution is -0.460. The number of fused-ring (bicyclic) bond motifs is 1. The highest BCUT2D eigenvalue weighted by Crippen LogP contribution is 2.08. The van der Waals surface area contributed by atoms with Crippen molar-refractivity contribution in [2.75, 3.05) is 0 Å². The van der Waals surface area contributed by atoms with E-state index in [0.717, 1.165) is 0 Å². The summed E-state index contributed by atoms with van der Waals surface area (Å²) in [5.41, 5.74) is 1.28. The minimum absolute atomic E-state index is 0.378. The fourth-order valence-electron chi connectivity index (χ4n) is 1.15. The number of nitrogens with zero attached hydrogens (tertiary/aromatic N) is 2. The van der Waals surface area contributed by atoms with E-state index in [1.165, 1.54) is 5.57 Å². The fourth-order valence-corrected chi connectivity index (χ4v) is 1.15. The molecule has 0 bridgehead atoms. The molecule has 0 saturated heterocycles. The molecule has 0 aromatic carbocycles. The zero-order valence-electron chi connectivity index (χ0n) is 7.86. The van der Waals surface area contributed by atoms with E-state index in [1.807, 2.05) is 26.4 Å². The SMILES string of the molecule is CC.CC1=C[N+]2=CN=CC2C=C1. The van der Waals surface area contributed by atoms with Crippen LogP contribution in [-0.4, -0.2) is 23.2 Å². The Morgan fingerprint density at radius 3 is 2.92 bits per heavy atom. The van der Waals surface area contributed by atoms with E-state index in [0.29, 0.717) is 6.04 Å². The lowest BCUT2D eigenvalue weighted by atomic mass is 10.2. The molecule has 0 spiro atoms. The Kier molecular flexibility index (Phi) is 2.97. The van der Waals surface area contributed by atoms with Gasteiger partial charge in [0.25, 0.3) is 6.34 Å². The van der Waals surface area contributed by atoms with E-state index in [4.69, 9.17) is 0 Å². The molecule has 2 heteroatoms. The molecule has 2 nitrogen and oxygen atoms in total. The van der Waals surface area contributed by atoms with Crippen LogP contribution in [0.4, 0.5) is 0 Å². The Hall–Kier alpha value is -1.18. The maximum absolute atomic E-state index is 4.04. The second kappa shape index (κ2) is 4.00. The third-order valence-corrected chi connectivity index (χ3v) is 1.69. The van der Waals surface area contributed by atoms with E-state index >= 15 is 0 Å². The van der Waals surface area contributed by atoms with Crippen molar-refractivity contribution in [1.82, 2.24) is 0 Å². The average Bonchev–Trinajstić information content (AvgIpc) is 2.54. The van der Waals surface area contributed by atoms with Crippen LogP contribution in [0.3, 0.4) is 0 Å². The molecule has 1 atom stereocenters. The van der Waals surface area contributed by atoms with Crippen molar-refractivity contribution in [3.63, 3.8) is 0 Å². The van der Waals surface area contributed by atoms with Crippen LogP contribution in [-0.2, 0) is 0 Å². The van der Waals surface area contributed by atoms with E-state index in [-0.39, 0.29) is 0 Å². The van der Waals surface area contributed by atoms with Crippen molar-refractivity contribution in [3.05, 3.63) is 23.9 Å². The Bertz CT molecular complexity index is 270. The third-order valence-electron chi connectivity index (χ3n) is 1.69. The van der Waals surface area contributed by atoms with Gasteiger partial charge in [-0.05, 0) is 18.6 Å². The first-order valence-corrected chi connectivity index (χ1v) is 4.37. The molecule has 0 N–H and O–H groups in total. The molecule has 64 valence electrons. The van der Waals surface area contributed by atoms with Crippen LogP contribution in [0.2, 0.25) is 0 Å². The smallest absolute Gasteiger partial charge is 0.223 e. The topological polar surface area (TPSA) is 15.4 Å². The summed E-state index contributed by atoms with van der Waals surface area (Å²) in [5.74, 6) is 0. The molecule has 0 aromatic rings. The number of hydrogen-bond donors (Lipinski definition) is 0. The molecular formula is C10H15N2+. The van der Waals surface area contributed by atoms with E-state index < -0.39 is 0 Å². The molecule has 0 amide bonds. The summed E-state index contributed by atoms with van der Waals surface area (Å²) in [5, 5.41) is 0. The lowest BCUT2D eigenvalue weighted by Gasteiger charge is -2.06. The van der Waals surface area contributed by atoms with Gasteiger partial charge >= 0.3 is 0 Å². The first-order chi connectivity index (χ1) is 5.86. The predicted octanol–water partition coefficient (Wildman–Crippen LogP) is 1.98. The summed E-state index contributed by atoms with van der Waals surface area (Å²) < 4.78 is 2.09. The number of hydrogen-bond acceptors (Lipinski definition) is 1. The lowest BCUT2D eigenvalue weighted by Crippen LogP contribution is -2.19. The number of aliphatic imine (C=N–C) groups is 1. The molecular weight excluding hydrogens is 148 g/mol. The van der Waals surface area contributed by atoms with Gasteiger partial charge in [0.05, 0.1) is 6.20 Å². The zero-order valence-corrected chi connectivity index (χ0v) is 7.86. The van der Waals surface area contributed by atoms with Gasteiger partial charge in [-0.1, -0.05) is 24.9 Å². The summed E-state index contributed by atoms with van der Waals surface area (Å²) in [4.78, 5) is 4.04. The molecule has 12 heavy (non-hydrogen) atoms. The van der Waals surface area contributed by atoms with Gasteiger partial charge in [-0.25, -0.2) is 4.58 Å². The highest BCUT2D eigenvalue weighted by Gasteiger charge is 2.19. The largest absolute Gasteiger partial charge is 0.286 e. The van der Waals surface area contributed by atoms with Crippen molar-refractivity contribution >= 4 is 12.6 Å². The van der Waals surface area contributed by atoms with Gasteiger partial charge in [0.1, 0.15) is 0 Å². The van der Waals surface area contributed by atoms with Crippen molar-refractivity contribution in [2.24, 2.45) is 4.99 Å². The molecule has 0 saturated carbocycles. The number of allylic oxidation sites excluding steroid dienone is 2. The van der Waals surface area contributed by atoms with Gasteiger partial charge in [0.15, 0.2) is 12.3 Å². The molecule has 0 radical (unpaired) electrons. The van der Waals surface area contributed by atoms with Gasteiger partial charge < -0.3 is 0 Å². The normalized spacial score (nSPS) is 23.8. The third kappa shape index (κ3) is 1.70. The summed E-state index contributed by atoms with van der Waals surface area (Å²) >= 11 is 0. The van der Waals surface area contributed by atoms with Gasteiger partial charge in [0, 0.05) is 0 Å². The minimum Gasteiger partial charge on any atom is -0.223 e. The molecule has 2 aliphatic heterocycles. The maximum atomic E-state index is 4.04. The summed E-state index contributed by atoms with van der Waals surface area (Å²) in [6.07, 6.45) is 10.1. The highest BCUT2D eigenvalue weighted by atomic mass is 15.1. The standard InChI is InChI=1S/C8H9N2.C2H6/c1-7-2-3-8-4-9-6-10(8)5-7;1-2/h2-6,8H,1H3;1-2H3/q+1;. The molecule has 2 heterocycles. The Morgan fingerprint density at radius 1 is 1.42 bits per heavy atom. The first-order valence-electron chi connectivity index (χ1n) is 4.37. The van der Waals surface area contributed by atoms with Gasteiger partial charge in [-0.3, -0.25) is 0 Å². The Morgan fingerprint density at radius 2 is 2.17 bits per heavy atom. The second-order valence-corrected chi connectivity index (χ2v) is 2.58. The minimum atomic E-state index is 0.378. The fraction of sp³-hybridized carbons (Fsp3) is 0.400. The van der Waals surface area contributed by atoms with Crippen molar-refractivity contribution < 1.29 is 4.58 Å². The van der Waals surface area contributed by atoms with Crippen LogP contribution >= 0.6 is 0 Å². The van der Waals surface area contributed by atoms with E-state index in [1.54, 1.807) is 0 Å². The zero-order chi connectivity index (χ0) is 8.97. The summed E-state index contributed by atoms with van der Waals surface area (Å²) in [6, 6.07) is 0.378. The van der Waals surface area contributed by atoms with Crippen molar-refractivity contribution in [3.8, 4) is 0 Å². The number of rotatable bonds is 0. The molecule has 0 aliphatic carbocycles. The van der Waals surface area contributed by atoms with Crippen LogP contribution in [0.25, 0.3) is 0 Å². The molecule has 1 unspecified atom stereocenters. The van der Waals surface area contributed by atoms with Gasteiger partial charge in [-0.15, -0.1) is 0 Å². The van der Waals surface area contributed by atoms with Gasteiger partial charge in [-0.2, -0.15) is 0 Å². The van der Waals surface area contributed by atoms with Gasteiger partial charge in [0.2, 0.25) is 0 Å². The van der Waals surface area contributed by atoms with E-state index in [2.05, 4.69) is 34.8 Å². The van der Waals surface area contributed by atoms with Crippen LogP contribution in [0, 0.1) is 0 Å². The average molecular weight is 163 g/mol. The summed E-state index contributed by atoms with van der Waals surface area (Å²) in [7, 11) is 0. The quantitative estimate of drug-likeness (QED) is 0.485. The second-order valence-electron chi connectivity index (χ2n) is 2.58. The molecule has 0 aromatic heterocycles. The van der Waals surface area contributed by atoms with Crippen LogP contribution < -0.4 is 0 Å². The van der Waals surface area contributed by atoms with Crippen LogP contribution in [0.1, 0.15) is 20.8 Å². The monoisotopic (exact) mass is 163 g/mol. The van der Waals surface area contributed by atoms with Crippen LogP contribution in [0.5, 0.6) is 0 Å². The maximum Gasteiger partial charge on any atom is 0.286 e. The van der Waals surface area contributed by atoms with E-state index in [9.17, 15) is 0 Å². The predicted molar refractivity (Wildman–Crippen MR) is 52.8 cm³/mol. The molecule has 0 fully saturated rings. The highest BCUT2D eigenvalue weighted by molar-refractivity contribution is 5.79. The Labute approximate surface area is 73.6 Å². The molecule has 2 rings (SSSR count).